The van der Waals surface area contributed by atoms with Gasteiger partial charge >= 0.3 is 5.97 Å². The highest BCUT2D eigenvalue weighted by Crippen LogP contribution is 2.21. The van der Waals surface area contributed by atoms with Crippen LogP contribution in [-0.4, -0.2) is 57.3 Å². The number of ketones is 1. The van der Waals surface area contributed by atoms with Crippen molar-refractivity contribution in [2.24, 2.45) is 24.6 Å². The fourth-order valence-corrected chi connectivity index (χ4v) is 3.31. The van der Waals surface area contributed by atoms with Gasteiger partial charge in [0.1, 0.15) is 24.1 Å². The number of amides is 1. The quantitative estimate of drug-likeness (QED) is 0.443. The number of hydrogen-bond donors (Lipinski definition) is 4. The number of aliphatic carboxylic acids is 1. The van der Waals surface area contributed by atoms with E-state index < -0.39 is 60.2 Å². The molecule has 30 heavy (non-hydrogen) atoms. The SMILES string of the molecule is CC(C)[C@H](NC(=O)c1cc2cc(F)ccc2n1C)C(=O)C(C(=O)O)C(N)C(O)CF. The third kappa shape index (κ3) is 4.65. The fourth-order valence-electron chi connectivity index (χ4n) is 3.31. The number of aromatic nitrogens is 1. The molecule has 0 spiro atoms. The van der Waals surface area contributed by atoms with E-state index in [1.54, 1.807) is 20.9 Å². The molecule has 1 aromatic carbocycles. The largest absolute Gasteiger partial charge is 0.481 e. The Hall–Kier alpha value is -2.85. The molecule has 164 valence electrons. The maximum Gasteiger partial charge on any atom is 0.315 e. The lowest BCUT2D eigenvalue weighted by molar-refractivity contribution is -0.149. The number of carbonyl (C=O) groups excluding carboxylic acids is 2. The lowest BCUT2D eigenvalue weighted by Gasteiger charge is -2.28. The van der Waals surface area contributed by atoms with Gasteiger partial charge in [0, 0.05) is 18.0 Å². The number of carboxylic acids is 1. The zero-order chi connectivity index (χ0) is 22.7. The molecule has 0 aliphatic heterocycles. The van der Waals surface area contributed by atoms with Crippen LogP contribution in [0.25, 0.3) is 10.9 Å². The Morgan fingerprint density at radius 2 is 1.87 bits per heavy atom. The molecule has 0 saturated heterocycles. The van der Waals surface area contributed by atoms with Gasteiger partial charge in [-0.25, -0.2) is 8.78 Å². The summed E-state index contributed by atoms with van der Waals surface area (Å²) in [6.07, 6.45) is -1.84. The van der Waals surface area contributed by atoms with Gasteiger partial charge in [0.05, 0.1) is 18.2 Å². The van der Waals surface area contributed by atoms with Gasteiger partial charge in [-0.05, 0) is 30.2 Å². The minimum atomic E-state index is -1.91. The second kappa shape index (κ2) is 9.31. The first kappa shape index (κ1) is 23.4. The molecule has 10 heteroatoms. The summed E-state index contributed by atoms with van der Waals surface area (Å²) in [5.74, 6) is -6.16. The molecule has 3 unspecified atom stereocenters. The van der Waals surface area contributed by atoms with Gasteiger partial charge in [-0.1, -0.05) is 13.8 Å². The number of carboxylic acid groups (broad SMARTS) is 1. The number of aryl methyl sites for hydroxylation is 1. The molecule has 5 N–H and O–H groups in total. The Bertz CT molecular complexity index is 959. The summed E-state index contributed by atoms with van der Waals surface area (Å²) in [5, 5.41) is 22.0. The number of carbonyl (C=O) groups is 3. The van der Waals surface area contributed by atoms with E-state index in [1.807, 2.05) is 0 Å². The molecule has 0 aliphatic carbocycles. The van der Waals surface area contributed by atoms with Crippen LogP contribution in [0.3, 0.4) is 0 Å². The molecule has 0 aliphatic rings. The second-order valence-electron chi connectivity index (χ2n) is 7.50. The topological polar surface area (TPSA) is 135 Å². The van der Waals surface area contributed by atoms with Crippen molar-refractivity contribution in [3.63, 3.8) is 0 Å². The smallest absolute Gasteiger partial charge is 0.315 e. The van der Waals surface area contributed by atoms with Crippen molar-refractivity contribution >= 4 is 28.6 Å². The highest BCUT2D eigenvalue weighted by atomic mass is 19.1. The first-order valence-electron chi connectivity index (χ1n) is 9.31. The van der Waals surface area contributed by atoms with Crippen LogP contribution >= 0.6 is 0 Å². The van der Waals surface area contributed by atoms with Crippen molar-refractivity contribution in [3.8, 4) is 0 Å². The lowest BCUT2D eigenvalue weighted by atomic mass is 9.84. The summed E-state index contributed by atoms with van der Waals surface area (Å²) >= 11 is 0. The highest BCUT2D eigenvalue weighted by molar-refractivity contribution is 6.05. The number of nitrogens with two attached hydrogens (primary N) is 1. The predicted octanol–water partition coefficient (Wildman–Crippen LogP) is 0.999. The number of rotatable bonds is 9. The van der Waals surface area contributed by atoms with Crippen molar-refractivity contribution in [1.29, 1.82) is 0 Å². The van der Waals surface area contributed by atoms with Gasteiger partial charge < -0.3 is 25.8 Å². The average Bonchev–Trinajstić information content (AvgIpc) is 3.00. The van der Waals surface area contributed by atoms with Crippen LogP contribution in [0.15, 0.2) is 24.3 Å². The summed E-state index contributed by atoms with van der Waals surface area (Å²) in [6, 6.07) is 2.52. The van der Waals surface area contributed by atoms with E-state index in [2.05, 4.69) is 5.32 Å². The molecule has 2 aromatic rings. The Morgan fingerprint density at radius 1 is 1.23 bits per heavy atom. The maximum absolute atomic E-state index is 13.5. The van der Waals surface area contributed by atoms with Crippen molar-refractivity contribution in [1.82, 2.24) is 9.88 Å². The monoisotopic (exact) mass is 425 g/mol. The number of nitrogens with one attached hydrogen (secondary N) is 1. The molecule has 0 radical (unpaired) electrons. The summed E-state index contributed by atoms with van der Waals surface area (Å²) in [6.45, 7) is 1.87. The van der Waals surface area contributed by atoms with E-state index in [1.165, 1.54) is 28.8 Å². The first-order chi connectivity index (χ1) is 14.0. The number of fused-ring (bicyclic) bond motifs is 1. The molecule has 1 aromatic heterocycles. The molecule has 0 saturated carbocycles. The first-order valence-corrected chi connectivity index (χ1v) is 9.31. The molecular weight excluding hydrogens is 400 g/mol. The van der Waals surface area contributed by atoms with Crippen LogP contribution in [-0.2, 0) is 16.6 Å². The van der Waals surface area contributed by atoms with Crippen molar-refractivity contribution in [2.45, 2.75) is 32.0 Å². The van der Waals surface area contributed by atoms with Crippen LogP contribution in [0.1, 0.15) is 24.3 Å². The van der Waals surface area contributed by atoms with Crippen LogP contribution in [0.5, 0.6) is 0 Å². The van der Waals surface area contributed by atoms with Gasteiger partial charge in [-0.15, -0.1) is 0 Å². The number of hydrogen-bond acceptors (Lipinski definition) is 5. The highest BCUT2D eigenvalue weighted by Gasteiger charge is 2.41. The van der Waals surface area contributed by atoms with Crippen LogP contribution < -0.4 is 11.1 Å². The minimum Gasteiger partial charge on any atom is -0.481 e. The lowest BCUT2D eigenvalue weighted by Crippen LogP contribution is -2.56. The maximum atomic E-state index is 13.5. The van der Waals surface area contributed by atoms with E-state index >= 15 is 0 Å². The van der Waals surface area contributed by atoms with Crippen LogP contribution in [0, 0.1) is 17.7 Å². The summed E-state index contributed by atoms with van der Waals surface area (Å²) in [4.78, 5) is 37.3. The number of aliphatic hydroxyl groups is 1. The zero-order valence-corrected chi connectivity index (χ0v) is 16.8. The van der Waals surface area contributed by atoms with Gasteiger partial charge in [-0.2, -0.15) is 0 Å². The van der Waals surface area contributed by atoms with Gasteiger partial charge in [0.2, 0.25) is 0 Å². The molecule has 1 heterocycles. The number of benzene rings is 1. The van der Waals surface area contributed by atoms with E-state index in [0.29, 0.717) is 10.9 Å². The summed E-state index contributed by atoms with van der Waals surface area (Å²) in [5.41, 5.74) is 6.32. The molecule has 0 fully saturated rings. The summed E-state index contributed by atoms with van der Waals surface area (Å²) < 4.78 is 27.7. The van der Waals surface area contributed by atoms with Crippen molar-refractivity contribution < 1.29 is 33.4 Å². The van der Waals surface area contributed by atoms with Gasteiger partial charge in [0.15, 0.2) is 5.78 Å². The number of Topliss-reactive ketones (excluding diaryl/α,β-unsaturated/α-hetero) is 1. The summed E-state index contributed by atoms with van der Waals surface area (Å²) in [7, 11) is 1.59. The zero-order valence-electron chi connectivity index (χ0n) is 16.8. The Kier molecular flexibility index (Phi) is 7.27. The standard InChI is InChI=1S/C20H25F2N3O5/c1-9(2)17(18(27)15(20(29)30)16(23)14(26)8-21)24-19(28)13-7-10-6-11(22)4-5-12(10)25(13)3/h4-7,9,14-17,26H,8,23H2,1-3H3,(H,24,28)(H,29,30)/t14?,15?,16?,17-/m0/s1. The number of nitrogens with zero attached hydrogens (tertiary/aromatic N) is 1. The normalized spacial score (nSPS) is 15.6. The molecule has 8 nitrogen and oxygen atoms in total. The number of aliphatic hydroxyl groups excluding tert-OH is 1. The minimum absolute atomic E-state index is 0.133. The van der Waals surface area contributed by atoms with E-state index in [4.69, 9.17) is 5.73 Å². The third-order valence-electron chi connectivity index (χ3n) is 5.06. The molecule has 1 amide bonds. The van der Waals surface area contributed by atoms with Crippen LogP contribution in [0.4, 0.5) is 8.78 Å². The van der Waals surface area contributed by atoms with Crippen molar-refractivity contribution in [3.05, 3.63) is 35.8 Å². The fraction of sp³-hybridized carbons (Fsp3) is 0.450. The third-order valence-corrected chi connectivity index (χ3v) is 5.06. The Balaban J connectivity index is 2.34. The van der Waals surface area contributed by atoms with Crippen molar-refractivity contribution in [2.75, 3.05) is 6.67 Å². The second-order valence-corrected chi connectivity index (χ2v) is 7.50. The molecular formula is C20H25F2N3O5. The van der Waals surface area contributed by atoms with E-state index in [0.717, 1.165) is 0 Å². The molecule has 4 atom stereocenters. The number of alkyl halides is 1. The molecule has 0 bridgehead atoms. The number of halogens is 2. The van der Waals surface area contributed by atoms with Crippen LogP contribution in [0.2, 0.25) is 0 Å². The predicted molar refractivity (Wildman–Crippen MR) is 105 cm³/mol. The Labute approximate surface area is 171 Å². The van der Waals surface area contributed by atoms with E-state index in [9.17, 15) is 33.4 Å². The van der Waals surface area contributed by atoms with Gasteiger partial charge in [0.25, 0.3) is 5.91 Å². The van der Waals surface area contributed by atoms with E-state index in [-0.39, 0.29) is 5.69 Å². The average molecular weight is 425 g/mol. The molecule has 2 rings (SSSR count). The Morgan fingerprint density at radius 3 is 2.40 bits per heavy atom. The van der Waals surface area contributed by atoms with Gasteiger partial charge in [-0.3, -0.25) is 14.4 Å².